The second-order valence-electron chi connectivity index (χ2n) is 3.40. The largest absolute Gasteiger partial charge is 0.326 e. The van der Waals surface area contributed by atoms with Crippen molar-refractivity contribution >= 4 is 33.2 Å². The summed E-state index contributed by atoms with van der Waals surface area (Å²) in [5.74, 6) is 0.681. The molecule has 0 aliphatic heterocycles. The van der Waals surface area contributed by atoms with Crippen molar-refractivity contribution in [3.63, 3.8) is 0 Å². The molecule has 0 unspecified atom stereocenters. The van der Waals surface area contributed by atoms with Gasteiger partial charge >= 0.3 is 0 Å². The van der Waals surface area contributed by atoms with Crippen LogP contribution in [-0.2, 0) is 16.4 Å². The average Bonchev–Trinajstić information content (AvgIpc) is 2.16. The second-order valence-corrected chi connectivity index (χ2v) is 7.20. The third kappa shape index (κ3) is 4.33. The van der Waals surface area contributed by atoms with E-state index < -0.39 is 9.84 Å². The predicted molar refractivity (Wildman–Crippen MR) is 69.8 cm³/mol. The Morgan fingerprint density at radius 1 is 1.44 bits per heavy atom. The molecule has 0 fully saturated rings. The van der Waals surface area contributed by atoms with Gasteiger partial charge in [-0.1, -0.05) is 17.7 Å². The molecule has 1 aromatic carbocycles. The first kappa shape index (κ1) is 13.8. The highest BCUT2D eigenvalue weighted by atomic mass is 35.5. The number of thioether (sulfide) groups is 1. The monoisotopic (exact) mass is 279 g/mol. The number of benzene rings is 1. The predicted octanol–water partition coefficient (Wildman–Crippen LogP) is 1.94. The fourth-order valence-electron chi connectivity index (χ4n) is 1.18. The van der Waals surface area contributed by atoms with Gasteiger partial charge in [-0.05, 0) is 17.7 Å². The van der Waals surface area contributed by atoms with Crippen molar-refractivity contribution in [2.45, 2.75) is 11.4 Å². The average molecular weight is 280 g/mol. The molecule has 90 valence electrons. The van der Waals surface area contributed by atoms with E-state index in [-0.39, 0.29) is 5.75 Å². The molecule has 6 heteroatoms. The lowest BCUT2D eigenvalue weighted by atomic mass is 10.2. The summed E-state index contributed by atoms with van der Waals surface area (Å²) in [6.45, 7) is 0.362. The molecule has 0 radical (unpaired) electrons. The molecule has 0 saturated heterocycles. The molecule has 0 amide bonds. The smallest absolute Gasteiger partial charge is 0.148 e. The molecule has 0 saturated carbocycles. The van der Waals surface area contributed by atoms with Crippen LogP contribution in [0.4, 0.5) is 0 Å². The van der Waals surface area contributed by atoms with Gasteiger partial charge in [-0.25, -0.2) is 8.42 Å². The summed E-state index contributed by atoms with van der Waals surface area (Å²) in [4.78, 5) is 0.957. The van der Waals surface area contributed by atoms with Crippen LogP contribution in [0.2, 0.25) is 5.02 Å². The van der Waals surface area contributed by atoms with Gasteiger partial charge in [0.15, 0.2) is 0 Å². The summed E-state index contributed by atoms with van der Waals surface area (Å²) < 4.78 is 22.0. The first-order valence-corrected chi connectivity index (χ1v) is 8.14. The maximum Gasteiger partial charge on any atom is 0.148 e. The van der Waals surface area contributed by atoms with Gasteiger partial charge in [0.2, 0.25) is 0 Å². The Bertz CT molecular complexity index is 460. The summed E-state index contributed by atoms with van der Waals surface area (Å²) in [5.41, 5.74) is 6.47. The van der Waals surface area contributed by atoms with Gasteiger partial charge in [0.25, 0.3) is 0 Å². The lowest BCUT2D eigenvalue weighted by molar-refractivity contribution is 0.603. The third-order valence-electron chi connectivity index (χ3n) is 1.99. The zero-order chi connectivity index (χ0) is 12.2. The topological polar surface area (TPSA) is 60.2 Å². The number of hydrogen-bond acceptors (Lipinski definition) is 4. The van der Waals surface area contributed by atoms with Gasteiger partial charge in [0.1, 0.15) is 9.84 Å². The van der Waals surface area contributed by atoms with E-state index >= 15 is 0 Å². The van der Waals surface area contributed by atoms with Crippen LogP contribution in [-0.4, -0.2) is 26.2 Å². The molecule has 0 aliphatic rings. The molecule has 1 aromatic rings. The van der Waals surface area contributed by atoms with E-state index in [9.17, 15) is 8.42 Å². The van der Waals surface area contributed by atoms with Crippen LogP contribution in [0.3, 0.4) is 0 Å². The molecule has 0 heterocycles. The zero-order valence-electron chi connectivity index (χ0n) is 8.94. The summed E-state index contributed by atoms with van der Waals surface area (Å²) in [7, 11) is -2.91. The van der Waals surface area contributed by atoms with Gasteiger partial charge in [-0.15, -0.1) is 11.8 Å². The SMILES string of the molecule is CS(=O)(=O)CCSc1cccc(Cl)c1CN. The highest BCUT2D eigenvalue weighted by molar-refractivity contribution is 8.00. The molecule has 0 bridgehead atoms. The number of rotatable bonds is 5. The molecule has 3 nitrogen and oxygen atoms in total. The third-order valence-corrected chi connectivity index (χ3v) is 4.65. The van der Waals surface area contributed by atoms with E-state index in [2.05, 4.69) is 0 Å². The second kappa shape index (κ2) is 5.91. The zero-order valence-corrected chi connectivity index (χ0v) is 11.3. The minimum Gasteiger partial charge on any atom is -0.326 e. The number of nitrogens with two attached hydrogens (primary N) is 1. The molecule has 0 aromatic heterocycles. The lowest BCUT2D eigenvalue weighted by Crippen LogP contribution is -2.06. The van der Waals surface area contributed by atoms with Crippen LogP contribution in [0.15, 0.2) is 23.1 Å². The van der Waals surface area contributed by atoms with Crippen molar-refractivity contribution in [3.05, 3.63) is 28.8 Å². The van der Waals surface area contributed by atoms with Gasteiger partial charge < -0.3 is 5.73 Å². The van der Waals surface area contributed by atoms with Gasteiger partial charge in [-0.3, -0.25) is 0 Å². The van der Waals surface area contributed by atoms with E-state index in [0.29, 0.717) is 17.3 Å². The van der Waals surface area contributed by atoms with Gasteiger partial charge in [-0.2, -0.15) is 0 Å². The van der Waals surface area contributed by atoms with Gasteiger partial charge in [0.05, 0.1) is 5.75 Å². The summed E-state index contributed by atoms with van der Waals surface area (Å²) in [5, 5.41) is 0.631. The van der Waals surface area contributed by atoms with E-state index in [4.69, 9.17) is 17.3 Å². The Balaban J connectivity index is 2.71. The number of halogens is 1. The minimum absolute atomic E-state index is 0.161. The van der Waals surface area contributed by atoms with Crippen LogP contribution >= 0.6 is 23.4 Å². The normalized spacial score (nSPS) is 11.7. The number of hydrogen-bond donors (Lipinski definition) is 1. The van der Waals surface area contributed by atoms with Crippen molar-refractivity contribution in [1.82, 2.24) is 0 Å². The summed E-state index contributed by atoms with van der Waals surface area (Å²) in [6.07, 6.45) is 1.23. The Kier molecular flexibility index (Phi) is 5.11. The molecule has 0 atom stereocenters. The van der Waals surface area contributed by atoms with Crippen LogP contribution < -0.4 is 5.73 Å². The van der Waals surface area contributed by atoms with Crippen LogP contribution in [0.25, 0.3) is 0 Å². The maximum absolute atomic E-state index is 11.0. The van der Waals surface area contributed by atoms with Crippen LogP contribution in [0.1, 0.15) is 5.56 Å². The maximum atomic E-state index is 11.0. The first-order chi connectivity index (χ1) is 7.44. The molecular weight excluding hydrogens is 266 g/mol. The molecule has 0 spiro atoms. The molecule has 1 rings (SSSR count). The first-order valence-electron chi connectivity index (χ1n) is 4.72. The van der Waals surface area contributed by atoms with Gasteiger partial charge in [0, 0.05) is 28.5 Å². The van der Waals surface area contributed by atoms with Crippen molar-refractivity contribution in [2.75, 3.05) is 17.8 Å². The Labute approximate surface area is 105 Å². The van der Waals surface area contributed by atoms with Crippen molar-refractivity contribution in [1.29, 1.82) is 0 Å². The molecule has 2 N–H and O–H groups in total. The van der Waals surface area contributed by atoms with Crippen molar-refractivity contribution in [2.24, 2.45) is 5.73 Å². The van der Waals surface area contributed by atoms with Crippen LogP contribution in [0, 0.1) is 0 Å². The van der Waals surface area contributed by atoms with E-state index in [1.807, 2.05) is 12.1 Å². The summed E-state index contributed by atoms with van der Waals surface area (Å²) in [6, 6.07) is 5.52. The Morgan fingerprint density at radius 3 is 2.69 bits per heavy atom. The van der Waals surface area contributed by atoms with Crippen LogP contribution in [0.5, 0.6) is 0 Å². The fourth-order valence-corrected chi connectivity index (χ4v) is 3.79. The quantitative estimate of drug-likeness (QED) is 0.837. The van der Waals surface area contributed by atoms with E-state index in [0.717, 1.165) is 10.5 Å². The van der Waals surface area contributed by atoms with Crippen molar-refractivity contribution < 1.29 is 8.42 Å². The lowest BCUT2D eigenvalue weighted by Gasteiger charge is -2.08. The number of sulfone groups is 1. The Hall–Kier alpha value is -0.230. The summed E-state index contributed by atoms with van der Waals surface area (Å²) >= 11 is 7.46. The Morgan fingerprint density at radius 2 is 2.12 bits per heavy atom. The highest BCUT2D eigenvalue weighted by Gasteiger charge is 2.07. The fraction of sp³-hybridized carbons (Fsp3) is 0.400. The molecule has 0 aliphatic carbocycles. The van der Waals surface area contributed by atoms with Crippen molar-refractivity contribution in [3.8, 4) is 0 Å². The van der Waals surface area contributed by atoms with E-state index in [1.165, 1.54) is 18.0 Å². The van der Waals surface area contributed by atoms with E-state index in [1.54, 1.807) is 6.07 Å². The molecule has 16 heavy (non-hydrogen) atoms. The highest BCUT2D eigenvalue weighted by Crippen LogP contribution is 2.28. The minimum atomic E-state index is -2.91. The molecular formula is C10H14ClNO2S2. The standard InChI is InChI=1S/C10H14ClNO2S2/c1-16(13,14)6-5-15-10-4-2-3-9(11)8(10)7-12/h2-4H,5-7,12H2,1H3.